The number of likely N-dealkylation sites (tertiary alicyclic amines) is 1. The summed E-state index contributed by atoms with van der Waals surface area (Å²) in [5.74, 6) is 1.45. The van der Waals surface area contributed by atoms with E-state index in [0.717, 1.165) is 44.9 Å². The molecule has 1 saturated heterocycles. The van der Waals surface area contributed by atoms with Gasteiger partial charge in [0.15, 0.2) is 5.96 Å². The van der Waals surface area contributed by atoms with E-state index in [2.05, 4.69) is 46.8 Å². The van der Waals surface area contributed by atoms with Crippen molar-refractivity contribution in [1.29, 1.82) is 0 Å². The number of aryl methyl sites for hydroxylation is 1. The molecule has 2 fully saturated rings. The number of nitrogens with one attached hydrogen (secondary N) is 2. The zero-order valence-electron chi connectivity index (χ0n) is 15.8. The number of guanidine groups is 1. The second-order valence-electron chi connectivity index (χ2n) is 7.25. The van der Waals surface area contributed by atoms with Crippen molar-refractivity contribution in [2.45, 2.75) is 51.6 Å². The van der Waals surface area contributed by atoms with Crippen LogP contribution in [-0.4, -0.2) is 42.9 Å². The molecule has 3 rings (SSSR count). The molecule has 0 aromatic heterocycles. The first-order valence-electron chi connectivity index (χ1n) is 9.48. The van der Waals surface area contributed by atoms with E-state index in [9.17, 15) is 4.79 Å². The minimum Gasteiger partial charge on any atom is -0.352 e. The number of carbonyl (C=O) groups is 1. The number of hydrogen-bond donors (Lipinski definition) is 2. The minimum absolute atomic E-state index is 0. The summed E-state index contributed by atoms with van der Waals surface area (Å²) in [5, 5.41) is 6.86. The monoisotopic (exact) mass is 470 g/mol. The van der Waals surface area contributed by atoms with Gasteiger partial charge in [-0.05, 0) is 37.3 Å². The number of hydrogen-bond acceptors (Lipinski definition) is 2. The van der Waals surface area contributed by atoms with E-state index >= 15 is 0 Å². The highest BCUT2D eigenvalue weighted by Gasteiger charge is 2.32. The van der Waals surface area contributed by atoms with Gasteiger partial charge in [0, 0.05) is 38.6 Å². The second-order valence-corrected chi connectivity index (χ2v) is 7.25. The molecule has 6 heteroatoms. The van der Waals surface area contributed by atoms with Crippen LogP contribution in [0, 0.1) is 12.8 Å². The van der Waals surface area contributed by atoms with Crippen LogP contribution in [0.3, 0.4) is 0 Å². The van der Waals surface area contributed by atoms with Gasteiger partial charge in [-0.1, -0.05) is 37.1 Å². The van der Waals surface area contributed by atoms with Crippen LogP contribution in [0.5, 0.6) is 0 Å². The summed E-state index contributed by atoms with van der Waals surface area (Å²) < 4.78 is 0. The van der Waals surface area contributed by atoms with Gasteiger partial charge in [0.05, 0.1) is 0 Å². The lowest BCUT2D eigenvalue weighted by Gasteiger charge is -2.21. The molecule has 5 nitrogen and oxygen atoms in total. The Bertz CT molecular complexity index is 628. The van der Waals surface area contributed by atoms with Crippen molar-refractivity contribution < 1.29 is 4.79 Å². The minimum atomic E-state index is 0. The molecule has 144 valence electrons. The Hall–Kier alpha value is -1.31. The Kier molecular flexibility index (Phi) is 8.18. The highest BCUT2D eigenvalue weighted by atomic mass is 127. The van der Waals surface area contributed by atoms with Gasteiger partial charge >= 0.3 is 0 Å². The van der Waals surface area contributed by atoms with Gasteiger partial charge in [-0.15, -0.1) is 24.0 Å². The Morgan fingerprint density at radius 3 is 2.65 bits per heavy atom. The largest absolute Gasteiger partial charge is 0.352 e. The molecular weight excluding hydrogens is 439 g/mol. The summed E-state index contributed by atoms with van der Waals surface area (Å²) >= 11 is 0. The number of carbonyl (C=O) groups excluding carboxylic acids is 1. The van der Waals surface area contributed by atoms with Crippen molar-refractivity contribution >= 4 is 35.8 Å². The van der Waals surface area contributed by atoms with E-state index in [4.69, 9.17) is 0 Å². The number of halogens is 1. The lowest BCUT2D eigenvalue weighted by molar-refractivity contribution is -0.134. The molecule has 26 heavy (non-hydrogen) atoms. The van der Waals surface area contributed by atoms with Crippen molar-refractivity contribution in [3.05, 3.63) is 35.4 Å². The first kappa shape index (κ1) is 21.0. The lowest BCUT2D eigenvalue weighted by atomic mass is 10.1. The van der Waals surface area contributed by atoms with Crippen LogP contribution in [0.2, 0.25) is 0 Å². The first-order valence-corrected chi connectivity index (χ1v) is 9.48. The lowest BCUT2D eigenvalue weighted by Crippen LogP contribution is -2.45. The quantitative estimate of drug-likeness (QED) is 0.404. The molecule has 1 amide bonds. The fourth-order valence-corrected chi connectivity index (χ4v) is 3.88. The summed E-state index contributed by atoms with van der Waals surface area (Å²) in [6.45, 7) is 4.53. The van der Waals surface area contributed by atoms with Crippen LogP contribution >= 0.6 is 24.0 Å². The molecule has 1 aromatic carbocycles. The SMILES string of the molecule is CN=C(NCc1ccccc1C)NC1CCN(C(=O)C2CCCC2)C1.I. The number of nitrogens with zero attached hydrogens (tertiary/aromatic N) is 2. The van der Waals surface area contributed by atoms with Gasteiger partial charge in [-0.3, -0.25) is 9.79 Å². The number of benzene rings is 1. The molecule has 1 aromatic rings. The molecule has 0 radical (unpaired) electrons. The zero-order chi connectivity index (χ0) is 17.6. The molecule has 1 heterocycles. The number of rotatable bonds is 4. The summed E-state index contributed by atoms with van der Waals surface area (Å²) in [4.78, 5) is 18.9. The van der Waals surface area contributed by atoms with Crippen LogP contribution in [0.4, 0.5) is 0 Å². The predicted octanol–water partition coefficient (Wildman–Crippen LogP) is 3.07. The molecule has 0 spiro atoms. The summed E-state index contributed by atoms with van der Waals surface area (Å²) in [7, 11) is 1.80. The average molecular weight is 470 g/mol. The molecule has 1 unspecified atom stereocenters. The van der Waals surface area contributed by atoms with E-state index in [1.165, 1.54) is 24.0 Å². The van der Waals surface area contributed by atoms with Crippen LogP contribution in [0.25, 0.3) is 0 Å². The number of amides is 1. The van der Waals surface area contributed by atoms with Crippen molar-refractivity contribution in [2.24, 2.45) is 10.9 Å². The van der Waals surface area contributed by atoms with Crippen molar-refractivity contribution in [2.75, 3.05) is 20.1 Å². The fourth-order valence-electron chi connectivity index (χ4n) is 3.88. The molecule has 0 bridgehead atoms. The smallest absolute Gasteiger partial charge is 0.225 e. The summed E-state index contributed by atoms with van der Waals surface area (Å²) in [6, 6.07) is 8.65. The molecule has 2 N–H and O–H groups in total. The van der Waals surface area contributed by atoms with Gasteiger partial charge in [0.1, 0.15) is 0 Å². The maximum Gasteiger partial charge on any atom is 0.225 e. The van der Waals surface area contributed by atoms with Crippen LogP contribution < -0.4 is 10.6 Å². The summed E-state index contributed by atoms with van der Waals surface area (Å²) in [6.07, 6.45) is 5.56. The standard InChI is InChI=1S/C20H30N4O.HI/c1-15-7-3-4-10-17(15)13-22-20(21-2)23-18-11-12-24(14-18)19(25)16-8-5-6-9-16;/h3-4,7,10,16,18H,5-6,8-9,11-14H2,1-2H3,(H2,21,22,23);1H. The third-order valence-electron chi connectivity index (χ3n) is 5.48. The molecule has 1 atom stereocenters. The van der Waals surface area contributed by atoms with Crippen LogP contribution in [0.1, 0.15) is 43.2 Å². The van der Waals surface area contributed by atoms with Crippen molar-refractivity contribution in [1.82, 2.24) is 15.5 Å². The van der Waals surface area contributed by atoms with E-state index in [1.54, 1.807) is 7.05 Å². The maximum absolute atomic E-state index is 12.5. The van der Waals surface area contributed by atoms with Gasteiger partial charge in [0.25, 0.3) is 0 Å². The van der Waals surface area contributed by atoms with Crippen molar-refractivity contribution in [3.63, 3.8) is 0 Å². The topological polar surface area (TPSA) is 56.7 Å². The summed E-state index contributed by atoms with van der Waals surface area (Å²) in [5.41, 5.74) is 2.55. The van der Waals surface area contributed by atoms with Crippen LogP contribution in [0.15, 0.2) is 29.3 Å². The second kappa shape index (κ2) is 10.1. The Labute approximate surface area is 174 Å². The van der Waals surface area contributed by atoms with Gasteiger partial charge in [-0.2, -0.15) is 0 Å². The highest BCUT2D eigenvalue weighted by molar-refractivity contribution is 14.0. The van der Waals surface area contributed by atoms with E-state index in [-0.39, 0.29) is 35.9 Å². The van der Waals surface area contributed by atoms with Gasteiger partial charge in [-0.25, -0.2) is 0 Å². The highest BCUT2D eigenvalue weighted by Crippen LogP contribution is 2.27. The predicted molar refractivity (Wildman–Crippen MR) is 117 cm³/mol. The zero-order valence-corrected chi connectivity index (χ0v) is 18.2. The molecule has 1 aliphatic carbocycles. The molecule has 1 saturated carbocycles. The first-order chi connectivity index (χ1) is 12.2. The Balaban J connectivity index is 0.00000243. The molecule has 1 aliphatic heterocycles. The maximum atomic E-state index is 12.5. The average Bonchev–Trinajstić information content (AvgIpc) is 3.31. The van der Waals surface area contributed by atoms with E-state index in [0.29, 0.717) is 5.91 Å². The third kappa shape index (κ3) is 5.34. The van der Waals surface area contributed by atoms with Gasteiger partial charge in [0.2, 0.25) is 5.91 Å². The van der Waals surface area contributed by atoms with Gasteiger partial charge < -0.3 is 15.5 Å². The fraction of sp³-hybridized carbons (Fsp3) is 0.600. The Morgan fingerprint density at radius 2 is 1.96 bits per heavy atom. The molecular formula is C20H31IN4O. The van der Waals surface area contributed by atoms with Crippen molar-refractivity contribution in [3.8, 4) is 0 Å². The Morgan fingerprint density at radius 1 is 1.23 bits per heavy atom. The third-order valence-corrected chi connectivity index (χ3v) is 5.48. The van der Waals surface area contributed by atoms with E-state index < -0.39 is 0 Å². The van der Waals surface area contributed by atoms with Crippen LogP contribution in [-0.2, 0) is 11.3 Å². The molecule has 2 aliphatic rings. The van der Waals surface area contributed by atoms with E-state index in [1.807, 2.05) is 4.90 Å². The normalized spacial score (nSPS) is 20.8. The number of aliphatic imine (C=N–C) groups is 1.